The number of ether oxygens (including phenoxy) is 5. The molecular formula is C36H33ClN2O6. The predicted molar refractivity (Wildman–Crippen MR) is 171 cm³/mol. The zero-order valence-corrected chi connectivity index (χ0v) is 26.0. The van der Waals surface area contributed by atoms with Crippen molar-refractivity contribution in [2.75, 3.05) is 6.61 Å². The molecular weight excluding hydrogens is 592 g/mol. The fourth-order valence-electron chi connectivity index (χ4n) is 4.96. The van der Waals surface area contributed by atoms with Gasteiger partial charge in [-0.1, -0.05) is 61.0 Å². The molecule has 0 radical (unpaired) electrons. The van der Waals surface area contributed by atoms with Crippen molar-refractivity contribution in [3.63, 3.8) is 0 Å². The van der Waals surface area contributed by atoms with Crippen molar-refractivity contribution in [2.45, 2.75) is 45.8 Å². The van der Waals surface area contributed by atoms with Crippen LogP contribution in [-0.4, -0.2) is 18.7 Å². The highest BCUT2D eigenvalue weighted by atomic mass is 35.5. The van der Waals surface area contributed by atoms with Crippen LogP contribution in [0.25, 0.3) is 0 Å². The Morgan fingerprint density at radius 3 is 2.44 bits per heavy atom. The summed E-state index contributed by atoms with van der Waals surface area (Å²) in [5.41, 5.74) is 9.91. The second-order valence-electron chi connectivity index (χ2n) is 10.3. The highest BCUT2D eigenvalue weighted by Crippen LogP contribution is 2.45. The Morgan fingerprint density at radius 1 is 0.978 bits per heavy atom. The van der Waals surface area contributed by atoms with Gasteiger partial charge in [0.2, 0.25) is 5.88 Å². The van der Waals surface area contributed by atoms with E-state index in [0.29, 0.717) is 40.2 Å². The molecule has 5 rings (SSSR count). The average Bonchev–Trinajstić information content (AvgIpc) is 3.04. The molecule has 2 atom stereocenters. The molecule has 0 bridgehead atoms. The largest absolute Gasteiger partial charge is 0.490 e. The third-order valence-corrected chi connectivity index (χ3v) is 7.70. The molecule has 45 heavy (non-hydrogen) atoms. The number of carbonyl (C=O) groups is 1. The van der Waals surface area contributed by atoms with E-state index in [1.807, 2.05) is 67.6 Å². The number of hydrogen-bond acceptors (Lipinski definition) is 8. The van der Waals surface area contributed by atoms with Crippen LogP contribution in [0.5, 0.6) is 28.7 Å². The van der Waals surface area contributed by atoms with E-state index in [-0.39, 0.29) is 23.8 Å². The highest BCUT2D eigenvalue weighted by molar-refractivity contribution is 6.31. The van der Waals surface area contributed by atoms with Crippen LogP contribution in [0.15, 0.2) is 96.4 Å². The number of hydrogen-bond donors (Lipinski definition) is 1. The minimum absolute atomic E-state index is 0.0392. The lowest BCUT2D eigenvalue weighted by atomic mass is 9.83. The SMILES string of the molecule is CCOc1cc(C2C(C#N)=C(N)Oc3cc(OC(=O)C(C)Oc4ccc(CC)cc4)ccc32)ccc1OCc1ccccc1Cl. The van der Waals surface area contributed by atoms with Gasteiger partial charge in [0.1, 0.15) is 35.5 Å². The summed E-state index contributed by atoms with van der Waals surface area (Å²) in [4.78, 5) is 12.9. The van der Waals surface area contributed by atoms with Crippen LogP contribution in [0.3, 0.4) is 0 Å². The lowest BCUT2D eigenvalue weighted by molar-refractivity contribution is -0.141. The second-order valence-corrected chi connectivity index (χ2v) is 10.7. The van der Waals surface area contributed by atoms with Crippen molar-refractivity contribution < 1.29 is 28.5 Å². The number of rotatable bonds is 11. The molecule has 4 aromatic carbocycles. The molecule has 230 valence electrons. The summed E-state index contributed by atoms with van der Waals surface area (Å²) < 4.78 is 29.2. The molecule has 0 fully saturated rings. The number of nitrogens with zero attached hydrogens (tertiary/aromatic N) is 1. The van der Waals surface area contributed by atoms with Crippen LogP contribution in [0.2, 0.25) is 5.02 Å². The van der Waals surface area contributed by atoms with Gasteiger partial charge in [0, 0.05) is 22.2 Å². The molecule has 0 spiro atoms. The number of nitrogens with two attached hydrogens (primary N) is 1. The second kappa shape index (κ2) is 14.1. The molecule has 0 aliphatic carbocycles. The topological polar surface area (TPSA) is 113 Å². The summed E-state index contributed by atoms with van der Waals surface area (Å²) in [7, 11) is 0. The molecule has 0 saturated carbocycles. The van der Waals surface area contributed by atoms with E-state index in [0.717, 1.165) is 17.5 Å². The first-order valence-corrected chi connectivity index (χ1v) is 15.0. The normalized spacial score (nSPS) is 14.4. The average molecular weight is 625 g/mol. The van der Waals surface area contributed by atoms with E-state index < -0.39 is 18.0 Å². The Hall–Kier alpha value is -5.13. The van der Waals surface area contributed by atoms with Crippen LogP contribution in [0, 0.1) is 11.3 Å². The summed E-state index contributed by atoms with van der Waals surface area (Å²) in [5.74, 6) is 1.05. The predicted octanol–water partition coefficient (Wildman–Crippen LogP) is 7.47. The quantitative estimate of drug-likeness (QED) is 0.135. The molecule has 8 nitrogen and oxygen atoms in total. The van der Waals surface area contributed by atoms with Crippen molar-refractivity contribution in [3.8, 4) is 34.8 Å². The first-order valence-electron chi connectivity index (χ1n) is 14.6. The zero-order chi connectivity index (χ0) is 31.9. The van der Waals surface area contributed by atoms with E-state index in [2.05, 4.69) is 13.0 Å². The molecule has 1 aliphatic rings. The van der Waals surface area contributed by atoms with Crippen LogP contribution in [0.4, 0.5) is 0 Å². The number of nitriles is 1. The van der Waals surface area contributed by atoms with Gasteiger partial charge < -0.3 is 29.4 Å². The van der Waals surface area contributed by atoms with Crippen LogP contribution in [-0.2, 0) is 17.8 Å². The zero-order valence-electron chi connectivity index (χ0n) is 25.2. The maximum atomic E-state index is 12.9. The fraction of sp³-hybridized carbons (Fsp3) is 0.222. The molecule has 0 aromatic heterocycles. The van der Waals surface area contributed by atoms with Gasteiger partial charge in [-0.2, -0.15) is 5.26 Å². The summed E-state index contributed by atoms with van der Waals surface area (Å²) in [5, 5.41) is 10.7. The van der Waals surface area contributed by atoms with Crippen molar-refractivity contribution >= 4 is 17.6 Å². The van der Waals surface area contributed by atoms with Gasteiger partial charge in [0.15, 0.2) is 17.6 Å². The van der Waals surface area contributed by atoms with E-state index in [1.54, 1.807) is 31.2 Å². The summed E-state index contributed by atoms with van der Waals surface area (Å²) in [6.07, 6.45) is 0.0556. The molecule has 4 aromatic rings. The monoisotopic (exact) mass is 624 g/mol. The Balaban J connectivity index is 1.37. The van der Waals surface area contributed by atoms with Gasteiger partial charge in [-0.05, 0) is 67.8 Å². The number of esters is 1. The number of carbonyl (C=O) groups excluding carboxylic acids is 1. The molecule has 0 amide bonds. The van der Waals surface area contributed by atoms with Crippen LogP contribution in [0.1, 0.15) is 48.9 Å². The minimum Gasteiger partial charge on any atom is -0.490 e. The number of allylic oxidation sites excluding steroid dienone is 1. The molecule has 9 heteroatoms. The Kier molecular flexibility index (Phi) is 9.81. The number of aryl methyl sites for hydroxylation is 1. The van der Waals surface area contributed by atoms with E-state index in [1.165, 1.54) is 5.56 Å². The molecule has 2 N–H and O–H groups in total. The Bertz CT molecular complexity index is 1760. The van der Waals surface area contributed by atoms with Gasteiger partial charge in [-0.3, -0.25) is 0 Å². The van der Waals surface area contributed by atoms with Gasteiger partial charge in [0.25, 0.3) is 0 Å². The maximum Gasteiger partial charge on any atom is 0.352 e. The number of benzene rings is 4. The molecule has 1 aliphatic heterocycles. The van der Waals surface area contributed by atoms with Crippen LogP contribution < -0.4 is 29.4 Å². The standard InChI is InChI=1S/C36H33ClN2O6/c1-4-23-10-13-26(14-11-23)43-22(3)36(40)44-27-15-16-28-32(19-27)45-35(39)29(20-38)34(28)24-12-17-31(33(18-24)41-5-2)42-21-25-8-6-7-9-30(25)37/h6-19,22,34H,4-5,21,39H2,1-3H3. The van der Waals surface area contributed by atoms with Crippen molar-refractivity contribution in [1.29, 1.82) is 5.26 Å². The maximum absolute atomic E-state index is 12.9. The molecule has 0 saturated heterocycles. The molecule has 1 heterocycles. The van der Waals surface area contributed by atoms with Crippen molar-refractivity contribution in [2.24, 2.45) is 5.73 Å². The smallest absolute Gasteiger partial charge is 0.352 e. The van der Waals surface area contributed by atoms with Crippen LogP contribution >= 0.6 is 11.6 Å². The van der Waals surface area contributed by atoms with Crippen molar-refractivity contribution in [1.82, 2.24) is 0 Å². The number of halogens is 1. The first kappa shape index (κ1) is 31.3. The third-order valence-electron chi connectivity index (χ3n) is 7.33. The summed E-state index contributed by atoms with van der Waals surface area (Å²) in [6, 6.07) is 27.7. The van der Waals surface area contributed by atoms with E-state index in [9.17, 15) is 10.1 Å². The number of fused-ring (bicyclic) bond motifs is 1. The lowest BCUT2D eigenvalue weighted by Gasteiger charge is -2.27. The lowest BCUT2D eigenvalue weighted by Crippen LogP contribution is -2.28. The highest BCUT2D eigenvalue weighted by Gasteiger charge is 2.32. The Labute approximate surface area is 267 Å². The van der Waals surface area contributed by atoms with E-state index >= 15 is 0 Å². The minimum atomic E-state index is -0.854. The van der Waals surface area contributed by atoms with Gasteiger partial charge in [-0.15, -0.1) is 0 Å². The third kappa shape index (κ3) is 7.17. The Morgan fingerprint density at radius 2 is 1.73 bits per heavy atom. The fourth-order valence-corrected chi connectivity index (χ4v) is 5.15. The van der Waals surface area contributed by atoms with Crippen molar-refractivity contribution in [3.05, 3.63) is 124 Å². The van der Waals surface area contributed by atoms with Gasteiger partial charge in [0.05, 0.1) is 12.5 Å². The first-order chi connectivity index (χ1) is 21.8. The molecule has 2 unspecified atom stereocenters. The van der Waals surface area contributed by atoms with E-state index in [4.69, 9.17) is 41.0 Å². The van der Waals surface area contributed by atoms with Gasteiger partial charge in [-0.25, -0.2) is 4.79 Å². The van der Waals surface area contributed by atoms with Gasteiger partial charge >= 0.3 is 5.97 Å². The summed E-state index contributed by atoms with van der Waals surface area (Å²) in [6.45, 7) is 6.23. The summed E-state index contributed by atoms with van der Waals surface area (Å²) >= 11 is 6.30.